The van der Waals surface area contributed by atoms with E-state index >= 15 is 0 Å². The summed E-state index contributed by atoms with van der Waals surface area (Å²) < 4.78 is 71.2. The van der Waals surface area contributed by atoms with Crippen molar-refractivity contribution >= 4 is 26.9 Å². The first-order valence-electron chi connectivity index (χ1n) is 10.4. The molecule has 35 heavy (non-hydrogen) atoms. The van der Waals surface area contributed by atoms with Crippen molar-refractivity contribution in [3.63, 3.8) is 0 Å². The van der Waals surface area contributed by atoms with Crippen molar-refractivity contribution in [1.82, 2.24) is 15.0 Å². The molecule has 0 saturated carbocycles. The summed E-state index contributed by atoms with van der Waals surface area (Å²) in [5.41, 5.74) is 1.20. The summed E-state index contributed by atoms with van der Waals surface area (Å²) >= 11 is 0. The van der Waals surface area contributed by atoms with Crippen LogP contribution in [0.15, 0.2) is 82.4 Å². The normalized spacial score (nSPS) is 13.0. The van der Waals surface area contributed by atoms with Crippen LogP contribution in [0.3, 0.4) is 0 Å². The molecule has 0 spiro atoms. The summed E-state index contributed by atoms with van der Waals surface area (Å²) in [6.07, 6.45) is -2.96. The van der Waals surface area contributed by atoms with Gasteiger partial charge >= 0.3 is 6.18 Å². The van der Waals surface area contributed by atoms with E-state index in [4.69, 9.17) is 4.42 Å². The van der Waals surface area contributed by atoms with Crippen molar-refractivity contribution in [2.24, 2.45) is 0 Å². The van der Waals surface area contributed by atoms with Crippen molar-refractivity contribution in [3.8, 4) is 11.3 Å². The number of nitrogens with zero attached hydrogens (tertiary/aromatic N) is 1. The maximum Gasteiger partial charge on any atom is 0.416 e. The van der Waals surface area contributed by atoms with E-state index in [9.17, 15) is 26.4 Å². The molecule has 1 amide bonds. The molecule has 0 aliphatic heterocycles. The third-order valence-corrected chi connectivity index (χ3v) is 6.59. The monoisotopic (exact) mass is 503 g/mol. The Balaban J connectivity index is 1.39. The number of aromatic nitrogens is 1. The Morgan fingerprint density at radius 3 is 2.46 bits per heavy atom. The Morgan fingerprint density at radius 1 is 1.06 bits per heavy atom. The average molecular weight is 504 g/mol. The molecule has 4 rings (SSSR count). The number of benzene rings is 2. The molecule has 0 aliphatic carbocycles. The van der Waals surface area contributed by atoms with Crippen LogP contribution in [0.5, 0.6) is 0 Å². The van der Waals surface area contributed by atoms with Gasteiger partial charge in [0.2, 0.25) is 11.0 Å². The maximum absolute atomic E-state index is 12.8. The Morgan fingerprint density at radius 2 is 1.77 bits per heavy atom. The molecule has 0 aliphatic rings. The number of alkyl halides is 3. The third-order valence-electron chi connectivity index (χ3n) is 5.19. The molecule has 0 saturated heterocycles. The number of carbonyl (C=O) groups is 1. The summed E-state index contributed by atoms with van der Waals surface area (Å²) in [6.45, 7) is 1.46. The number of pyridine rings is 1. The van der Waals surface area contributed by atoms with E-state index in [-0.39, 0.29) is 11.6 Å². The molecule has 11 heteroatoms. The summed E-state index contributed by atoms with van der Waals surface area (Å²) in [7, 11) is -4.07. The number of sulfonamides is 1. The first-order chi connectivity index (χ1) is 16.5. The quantitative estimate of drug-likeness (QED) is 0.387. The molecule has 2 heterocycles. The molecule has 1 atom stereocenters. The fourth-order valence-electron chi connectivity index (χ4n) is 3.35. The minimum atomic E-state index is -4.43. The molecular formula is C24H20F3N3O4S. The molecule has 0 unspecified atom stereocenters. The maximum atomic E-state index is 12.8. The molecule has 0 bridgehead atoms. The first kappa shape index (κ1) is 24.4. The zero-order chi connectivity index (χ0) is 25.2. The van der Waals surface area contributed by atoms with Gasteiger partial charge in [-0.3, -0.25) is 9.78 Å². The summed E-state index contributed by atoms with van der Waals surface area (Å²) in [5.74, 6) is -0.572. The van der Waals surface area contributed by atoms with Gasteiger partial charge in [-0.05, 0) is 42.8 Å². The van der Waals surface area contributed by atoms with Crippen LogP contribution in [0, 0.1) is 0 Å². The van der Waals surface area contributed by atoms with Gasteiger partial charge in [0.25, 0.3) is 10.0 Å². The van der Waals surface area contributed by atoms with E-state index in [1.165, 1.54) is 31.3 Å². The molecular weight excluding hydrogens is 483 g/mol. The highest BCUT2D eigenvalue weighted by Gasteiger charge is 2.30. The number of rotatable bonds is 7. The second-order valence-corrected chi connectivity index (χ2v) is 9.43. The number of hydrogen-bond acceptors (Lipinski definition) is 5. The van der Waals surface area contributed by atoms with Crippen LogP contribution >= 0.6 is 0 Å². The van der Waals surface area contributed by atoms with Gasteiger partial charge in [0.15, 0.2) is 0 Å². The van der Waals surface area contributed by atoms with Crippen LogP contribution < -0.4 is 10.0 Å². The predicted molar refractivity (Wildman–Crippen MR) is 123 cm³/mol. The topological polar surface area (TPSA) is 101 Å². The predicted octanol–water partition coefficient (Wildman–Crippen LogP) is 4.50. The summed E-state index contributed by atoms with van der Waals surface area (Å²) in [4.78, 5) is 16.7. The lowest BCUT2D eigenvalue weighted by Crippen LogP contribution is -2.44. The van der Waals surface area contributed by atoms with E-state index in [0.29, 0.717) is 27.8 Å². The number of fused-ring (bicyclic) bond motifs is 1. The van der Waals surface area contributed by atoms with Gasteiger partial charge in [-0.1, -0.05) is 30.3 Å². The van der Waals surface area contributed by atoms with Gasteiger partial charge in [0, 0.05) is 29.8 Å². The van der Waals surface area contributed by atoms with Crippen LogP contribution in [0.1, 0.15) is 18.1 Å². The Bertz CT molecular complexity index is 1430. The van der Waals surface area contributed by atoms with Gasteiger partial charge in [-0.2, -0.15) is 17.9 Å². The van der Waals surface area contributed by atoms with Gasteiger partial charge in [0.1, 0.15) is 5.58 Å². The lowest BCUT2D eigenvalue weighted by atomic mass is 10.1. The van der Waals surface area contributed by atoms with Crippen molar-refractivity contribution in [3.05, 3.63) is 84.1 Å². The standard InChI is InChI=1S/C24H20F3N3O4S/c1-15(30-35(32,33)22-13-18-4-2-3-5-21(18)34-22)23(31)29-14-16-10-11-28-20(12-16)17-6-8-19(9-7-17)24(25,26)27/h2-13,15,30H,14H2,1H3,(H,29,31)/t15-/m0/s1. The Hall–Kier alpha value is -3.70. The van der Waals surface area contributed by atoms with Crippen LogP contribution in [-0.2, 0) is 27.5 Å². The van der Waals surface area contributed by atoms with Gasteiger partial charge in [-0.25, -0.2) is 8.42 Å². The van der Waals surface area contributed by atoms with Gasteiger partial charge in [-0.15, -0.1) is 0 Å². The average Bonchev–Trinajstić information content (AvgIpc) is 3.27. The Labute approximate surface area is 199 Å². The first-order valence-corrected chi connectivity index (χ1v) is 11.9. The number of para-hydroxylation sites is 1. The molecule has 182 valence electrons. The number of furan rings is 1. The number of carbonyl (C=O) groups excluding carboxylic acids is 1. The largest absolute Gasteiger partial charge is 0.443 e. The molecule has 0 fully saturated rings. The van der Waals surface area contributed by atoms with Crippen LogP contribution in [0.25, 0.3) is 22.2 Å². The molecule has 7 nitrogen and oxygen atoms in total. The fraction of sp³-hybridized carbons (Fsp3) is 0.167. The molecule has 2 N–H and O–H groups in total. The molecule has 2 aromatic heterocycles. The highest BCUT2D eigenvalue weighted by molar-refractivity contribution is 7.89. The van der Waals surface area contributed by atoms with E-state index in [1.807, 2.05) is 0 Å². The van der Waals surface area contributed by atoms with Crippen molar-refractivity contribution in [2.75, 3.05) is 0 Å². The van der Waals surface area contributed by atoms with E-state index in [1.54, 1.807) is 36.4 Å². The Kier molecular flexibility index (Phi) is 6.64. The highest BCUT2D eigenvalue weighted by Crippen LogP contribution is 2.30. The van der Waals surface area contributed by atoms with Crippen molar-refractivity contribution in [1.29, 1.82) is 0 Å². The summed E-state index contributed by atoms with van der Waals surface area (Å²) in [6, 6.07) is 15.0. The minimum absolute atomic E-state index is 0.0612. The van der Waals surface area contributed by atoms with Crippen LogP contribution in [-0.4, -0.2) is 25.4 Å². The third kappa shape index (κ3) is 5.69. The number of amides is 1. The summed E-state index contributed by atoms with van der Waals surface area (Å²) in [5, 5.41) is 2.95. The second kappa shape index (κ2) is 9.51. The number of halogens is 3. The lowest BCUT2D eigenvalue weighted by molar-refractivity contribution is -0.137. The number of hydrogen-bond donors (Lipinski definition) is 2. The molecule has 0 radical (unpaired) electrons. The zero-order valence-electron chi connectivity index (χ0n) is 18.3. The van der Waals surface area contributed by atoms with Crippen LogP contribution in [0.2, 0.25) is 0 Å². The molecule has 4 aromatic rings. The number of nitrogens with one attached hydrogen (secondary N) is 2. The van der Waals surface area contributed by atoms with Gasteiger partial charge < -0.3 is 9.73 Å². The van der Waals surface area contributed by atoms with Crippen molar-refractivity contribution < 1.29 is 30.8 Å². The fourth-order valence-corrected chi connectivity index (χ4v) is 4.52. The van der Waals surface area contributed by atoms with E-state index < -0.39 is 33.7 Å². The SMILES string of the molecule is C[C@H](NS(=O)(=O)c1cc2ccccc2o1)C(=O)NCc1ccnc(-c2ccc(C(F)(F)F)cc2)c1. The lowest BCUT2D eigenvalue weighted by Gasteiger charge is -2.14. The van der Waals surface area contributed by atoms with Gasteiger partial charge in [0.05, 0.1) is 17.3 Å². The zero-order valence-corrected chi connectivity index (χ0v) is 19.2. The van der Waals surface area contributed by atoms with Crippen LogP contribution in [0.4, 0.5) is 13.2 Å². The highest BCUT2D eigenvalue weighted by atomic mass is 32.2. The second-order valence-electron chi connectivity index (χ2n) is 7.79. The minimum Gasteiger partial charge on any atom is -0.443 e. The van der Waals surface area contributed by atoms with E-state index in [0.717, 1.165) is 12.1 Å². The van der Waals surface area contributed by atoms with E-state index in [2.05, 4.69) is 15.0 Å². The smallest absolute Gasteiger partial charge is 0.416 e. The van der Waals surface area contributed by atoms with Crippen molar-refractivity contribution in [2.45, 2.75) is 30.8 Å². The molecule has 2 aromatic carbocycles.